The van der Waals surface area contributed by atoms with Crippen LogP contribution in [-0.4, -0.2) is 16.5 Å². The van der Waals surface area contributed by atoms with Gasteiger partial charge in [0.1, 0.15) is 11.6 Å². The Balaban J connectivity index is 0.00000225. The Bertz CT molecular complexity index is 959. The summed E-state index contributed by atoms with van der Waals surface area (Å²) in [6.45, 7) is 5.99. The molecule has 146 valence electrons. The molecule has 0 saturated heterocycles. The molecule has 3 aromatic rings. The second-order valence-electron chi connectivity index (χ2n) is 6.87. The summed E-state index contributed by atoms with van der Waals surface area (Å²) in [6, 6.07) is 14.8. The molecule has 4 nitrogen and oxygen atoms in total. The normalized spacial score (nSPS) is 12.9. The van der Waals surface area contributed by atoms with E-state index in [-0.39, 0.29) is 18.2 Å². The molecule has 1 aromatic heterocycles. The van der Waals surface area contributed by atoms with Crippen molar-refractivity contribution in [2.75, 3.05) is 16.8 Å². The summed E-state index contributed by atoms with van der Waals surface area (Å²) in [5.41, 5.74) is 5.70. The Morgan fingerprint density at radius 1 is 1.04 bits per heavy atom. The molecule has 0 unspecified atom stereocenters. The fraction of sp³-hybridized carbons (Fsp3) is 0.273. The van der Waals surface area contributed by atoms with Crippen LogP contribution in [-0.2, 0) is 19.4 Å². The first kappa shape index (κ1) is 20.1. The van der Waals surface area contributed by atoms with Crippen LogP contribution in [0.5, 0.6) is 0 Å². The molecule has 1 aliphatic heterocycles. The molecule has 1 aliphatic rings. The third-order valence-electron chi connectivity index (χ3n) is 5.09. The number of nitrogens with one attached hydrogen (secondary N) is 1. The van der Waals surface area contributed by atoms with Crippen LogP contribution >= 0.6 is 12.4 Å². The van der Waals surface area contributed by atoms with E-state index in [0.29, 0.717) is 5.95 Å². The second kappa shape index (κ2) is 8.57. The van der Waals surface area contributed by atoms with Gasteiger partial charge in [0.25, 0.3) is 0 Å². The molecule has 0 spiro atoms. The lowest BCUT2D eigenvalue weighted by atomic mass is 9.99. The maximum atomic E-state index is 13.2. The molecule has 0 saturated carbocycles. The summed E-state index contributed by atoms with van der Waals surface area (Å²) in [5, 5.41) is 3.22. The molecule has 0 atom stereocenters. The maximum Gasteiger partial charge on any atom is 0.229 e. The van der Waals surface area contributed by atoms with Gasteiger partial charge in [0.15, 0.2) is 0 Å². The Kier molecular flexibility index (Phi) is 6.15. The first-order valence-corrected chi connectivity index (χ1v) is 9.36. The molecule has 0 fully saturated rings. The first-order chi connectivity index (χ1) is 13.1. The summed E-state index contributed by atoms with van der Waals surface area (Å²) in [5.74, 6) is 1.27. The van der Waals surface area contributed by atoms with E-state index in [0.717, 1.165) is 48.7 Å². The standard InChI is InChI=1S/C22H23FN4.ClH/c1-3-20-15(2)21(27-13-12-16-6-4-5-7-17(16)14-27)26-22(25-20)24-19-10-8-18(23)9-11-19;/h4-11H,3,12-14H2,1-2H3,(H,24,25,26);1H. The van der Waals surface area contributed by atoms with Gasteiger partial charge in [-0.25, -0.2) is 9.37 Å². The van der Waals surface area contributed by atoms with E-state index in [9.17, 15) is 4.39 Å². The zero-order valence-electron chi connectivity index (χ0n) is 16.1. The van der Waals surface area contributed by atoms with Crippen molar-refractivity contribution in [2.24, 2.45) is 0 Å². The van der Waals surface area contributed by atoms with Gasteiger partial charge in [-0.15, -0.1) is 12.4 Å². The molecular formula is C22H24ClFN4. The molecule has 1 N–H and O–H groups in total. The number of fused-ring (bicyclic) bond motifs is 1. The minimum atomic E-state index is -0.257. The number of nitrogens with zero attached hydrogens (tertiary/aromatic N) is 3. The summed E-state index contributed by atoms with van der Waals surface area (Å²) < 4.78 is 13.2. The molecule has 0 amide bonds. The van der Waals surface area contributed by atoms with E-state index in [2.05, 4.69) is 53.3 Å². The van der Waals surface area contributed by atoms with Crippen molar-refractivity contribution in [2.45, 2.75) is 33.2 Å². The highest BCUT2D eigenvalue weighted by atomic mass is 35.5. The maximum absolute atomic E-state index is 13.2. The number of halogens is 2. The van der Waals surface area contributed by atoms with Crippen LogP contribution in [0.3, 0.4) is 0 Å². The van der Waals surface area contributed by atoms with Crippen molar-refractivity contribution in [3.05, 3.63) is 76.7 Å². The van der Waals surface area contributed by atoms with E-state index >= 15 is 0 Å². The van der Waals surface area contributed by atoms with Crippen LogP contribution in [0, 0.1) is 12.7 Å². The summed E-state index contributed by atoms with van der Waals surface area (Å²) in [4.78, 5) is 11.8. The van der Waals surface area contributed by atoms with Gasteiger partial charge in [-0.3, -0.25) is 0 Å². The number of aromatic nitrogens is 2. The molecule has 0 aliphatic carbocycles. The van der Waals surface area contributed by atoms with Gasteiger partial charge < -0.3 is 10.2 Å². The highest BCUT2D eigenvalue weighted by Gasteiger charge is 2.21. The number of benzene rings is 2. The van der Waals surface area contributed by atoms with Crippen LogP contribution in [0.4, 0.5) is 21.8 Å². The fourth-order valence-corrected chi connectivity index (χ4v) is 3.60. The Labute approximate surface area is 171 Å². The van der Waals surface area contributed by atoms with Crippen molar-refractivity contribution < 1.29 is 4.39 Å². The van der Waals surface area contributed by atoms with Gasteiger partial charge in [-0.2, -0.15) is 4.98 Å². The van der Waals surface area contributed by atoms with E-state index < -0.39 is 0 Å². The quantitative estimate of drug-likeness (QED) is 0.654. The summed E-state index contributed by atoms with van der Waals surface area (Å²) in [6.07, 6.45) is 1.85. The molecule has 0 radical (unpaired) electrons. The van der Waals surface area contributed by atoms with Crippen LogP contribution in [0.2, 0.25) is 0 Å². The summed E-state index contributed by atoms with van der Waals surface area (Å²) in [7, 11) is 0. The van der Waals surface area contributed by atoms with Crippen molar-refractivity contribution in [3.63, 3.8) is 0 Å². The van der Waals surface area contributed by atoms with Crippen LogP contribution < -0.4 is 10.2 Å². The molecular weight excluding hydrogens is 375 g/mol. The topological polar surface area (TPSA) is 41.1 Å². The number of aryl methyl sites for hydroxylation is 1. The van der Waals surface area contributed by atoms with Crippen molar-refractivity contribution >= 4 is 29.9 Å². The van der Waals surface area contributed by atoms with Gasteiger partial charge >= 0.3 is 0 Å². The predicted octanol–water partition coefficient (Wildman–Crippen LogP) is 5.21. The largest absolute Gasteiger partial charge is 0.352 e. The first-order valence-electron chi connectivity index (χ1n) is 9.36. The van der Waals surface area contributed by atoms with E-state index in [1.807, 2.05) is 0 Å². The van der Waals surface area contributed by atoms with Gasteiger partial charge in [0, 0.05) is 24.3 Å². The van der Waals surface area contributed by atoms with E-state index in [1.54, 1.807) is 12.1 Å². The number of hydrogen-bond acceptors (Lipinski definition) is 4. The fourth-order valence-electron chi connectivity index (χ4n) is 3.60. The second-order valence-corrected chi connectivity index (χ2v) is 6.87. The van der Waals surface area contributed by atoms with Gasteiger partial charge in [-0.1, -0.05) is 31.2 Å². The monoisotopic (exact) mass is 398 g/mol. The molecule has 4 rings (SSSR count). The number of anilines is 3. The summed E-state index contributed by atoms with van der Waals surface area (Å²) >= 11 is 0. The van der Waals surface area contributed by atoms with Crippen molar-refractivity contribution in [1.29, 1.82) is 0 Å². The zero-order valence-corrected chi connectivity index (χ0v) is 16.9. The highest BCUT2D eigenvalue weighted by Crippen LogP contribution is 2.28. The minimum absolute atomic E-state index is 0. The zero-order chi connectivity index (χ0) is 18.8. The Morgan fingerprint density at radius 3 is 2.46 bits per heavy atom. The molecule has 6 heteroatoms. The molecule has 28 heavy (non-hydrogen) atoms. The average Bonchev–Trinajstić information content (AvgIpc) is 2.70. The Hall–Kier alpha value is -2.66. The third kappa shape index (κ3) is 4.09. The smallest absolute Gasteiger partial charge is 0.229 e. The SMILES string of the molecule is CCc1nc(Nc2ccc(F)cc2)nc(N2CCc3ccccc3C2)c1C.Cl. The van der Waals surface area contributed by atoms with E-state index in [4.69, 9.17) is 4.98 Å². The Morgan fingerprint density at radius 2 is 1.75 bits per heavy atom. The number of hydrogen-bond donors (Lipinski definition) is 1. The van der Waals surface area contributed by atoms with Gasteiger partial charge in [-0.05, 0) is 55.2 Å². The molecule has 0 bridgehead atoms. The van der Waals surface area contributed by atoms with Crippen LogP contribution in [0.25, 0.3) is 0 Å². The van der Waals surface area contributed by atoms with Gasteiger partial charge in [0.05, 0.1) is 5.69 Å². The lowest BCUT2D eigenvalue weighted by Crippen LogP contribution is -2.32. The minimum Gasteiger partial charge on any atom is -0.352 e. The molecule has 2 aromatic carbocycles. The third-order valence-corrected chi connectivity index (χ3v) is 5.09. The lowest BCUT2D eigenvalue weighted by Gasteiger charge is -2.31. The van der Waals surface area contributed by atoms with Gasteiger partial charge in [0.2, 0.25) is 5.95 Å². The van der Waals surface area contributed by atoms with Crippen molar-refractivity contribution in [1.82, 2.24) is 9.97 Å². The average molecular weight is 399 g/mol. The lowest BCUT2D eigenvalue weighted by molar-refractivity contribution is 0.628. The molecule has 2 heterocycles. The predicted molar refractivity (Wildman–Crippen MR) is 114 cm³/mol. The number of rotatable bonds is 4. The van der Waals surface area contributed by atoms with Crippen LogP contribution in [0.1, 0.15) is 29.3 Å². The van der Waals surface area contributed by atoms with Crippen LogP contribution in [0.15, 0.2) is 48.5 Å². The van der Waals surface area contributed by atoms with Crippen molar-refractivity contribution in [3.8, 4) is 0 Å². The highest BCUT2D eigenvalue weighted by molar-refractivity contribution is 5.85. The van der Waals surface area contributed by atoms with E-state index in [1.165, 1.54) is 23.3 Å².